The van der Waals surface area contributed by atoms with E-state index in [1.165, 1.54) is 12.8 Å². The molecule has 12 heavy (non-hydrogen) atoms. The number of rotatable bonds is 2. The number of aliphatic hydroxyl groups is 1. The molecule has 72 valence electrons. The molecule has 0 aliphatic heterocycles. The van der Waals surface area contributed by atoms with Gasteiger partial charge in [0.05, 0.1) is 5.60 Å². The Morgan fingerprint density at radius 1 is 1.42 bits per heavy atom. The zero-order valence-electron chi connectivity index (χ0n) is 8.21. The van der Waals surface area contributed by atoms with Crippen molar-refractivity contribution in [2.24, 2.45) is 11.7 Å². The smallest absolute Gasteiger partial charge is 0.0659 e. The molecule has 2 heteroatoms. The summed E-state index contributed by atoms with van der Waals surface area (Å²) >= 11 is 0. The Bertz CT molecular complexity index is 145. The number of hydrogen-bond acceptors (Lipinski definition) is 2. The fraction of sp³-hybridized carbons (Fsp3) is 1.00. The lowest BCUT2D eigenvalue weighted by atomic mass is 9.74. The van der Waals surface area contributed by atoms with Gasteiger partial charge in [-0.05, 0) is 26.2 Å². The molecule has 0 heterocycles. The first-order valence-corrected chi connectivity index (χ1v) is 5.06. The van der Waals surface area contributed by atoms with Crippen molar-refractivity contribution in [3.8, 4) is 0 Å². The summed E-state index contributed by atoms with van der Waals surface area (Å²) in [5, 5.41) is 10.0. The van der Waals surface area contributed by atoms with Gasteiger partial charge in [-0.1, -0.05) is 19.8 Å². The lowest BCUT2D eigenvalue weighted by Crippen LogP contribution is -2.47. The van der Waals surface area contributed by atoms with Crippen molar-refractivity contribution in [3.05, 3.63) is 0 Å². The van der Waals surface area contributed by atoms with Crippen LogP contribution in [-0.2, 0) is 0 Å². The van der Waals surface area contributed by atoms with Crippen LogP contribution in [0.15, 0.2) is 0 Å². The molecule has 1 fully saturated rings. The van der Waals surface area contributed by atoms with E-state index in [2.05, 4.69) is 0 Å². The molecule has 0 aromatic carbocycles. The van der Waals surface area contributed by atoms with Gasteiger partial charge in [0.25, 0.3) is 0 Å². The van der Waals surface area contributed by atoms with Gasteiger partial charge < -0.3 is 10.8 Å². The summed E-state index contributed by atoms with van der Waals surface area (Å²) in [6.07, 6.45) is 5.46. The first-order chi connectivity index (χ1) is 5.58. The standard InChI is InChI=1S/C10H21NO/c1-3-10(2,12)8-6-4-5-7-9(8)11/h8-9,12H,3-7,11H2,1-2H3. The highest BCUT2D eigenvalue weighted by Crippen LogP contribution is 2.33. The summed E-state index contributed by atoms with van der Waals surface area (Å²) in [5.74, 6) is 0.316. The summed E-state index contributed by atoms with van der Waals surface area (Å²) in [4.78, 5) is 0. The van der Waals surface area contributed by atoms with Crippen LogP contribution in [0.1, 0.15) is 46.0 Å². The van der Waals surface area contributed by atoms with Crippen LogP contribution < -0.4 is 5.73 Å². The van der Waals surface area contributed by atoms with E-state index in [1.807, 2.05) is 13.8 Å². The van der Waals surface area contributed by atoms with Gasteiger partial charge in [0.15, 0.2) is 0 Å². The minimum atomic E-state index is -0.542. The molecule has 3 unspecified atom stereocenters. The Kier molecular flexibility index (Phi) is 3.13. The summed E-state index contributed by atoms with van der Waals surface area (Å²) in [6, 6.07) is 0.216. The summed E-state index contributed by atoms with van der Waals surface area (Å²) in [7, 11) is 0. The second-order valence-corrected chi connectivity index (χ2v) is 4.27. The highest BCUT2D eigenvalue weighted by atomic mass is 16.3. The first-order valence-electron chi connectivity index (χ1n) is 5.06. The third-order valence-corrected chi connectivity index (χ3v) is 3.33. The molecule has 1 aliphatic carbocycles. The van der Waals surface area contributed by atoms with E-state index < -0.39 is 5.60 Å². The fourth-order valence-electron chi connectivity index (χ4n) is 2.19. The topological polar surface area (TPSA) is 46.2 Å². The lowest BCUT2D eigenvalue weighted by Gasteiger charge is -2.39. The molecule has 0 aromatic rings. The van der Waals surface area contributed by atoms with Crippen LogP contribution in [-0.4, -0.2) is 16.7 Å². The molecular formula is C10H21NO. The van der Waals surface area contributed by atoms with Crippen LogP contribution in [0, 0.1) is 5.92 Å². The molecule has 0 radical (unpaired) electrons. The monoisotopic (exact) mass is 171 g/mol. The minimum absolute atomic E-state index is 0.216. The molecule has 3 N–H and O–H groups in total. The van der Waals surface area contributed by atoms with E-state index in [1.54, 1.807) is 0 Å². The first kappa shape index (κ1) is 10.0. The Hall–Kier alpha value is -0.0800. The third-order valence-electron chi connectivity index (χ3n) is 3.33. The van der Waals surface area contributed by atoms with Gasteiger partial charge in [-0.25, -0.2) is 0 Å². The maximum Gasteiger partial charge on any atom is 0.0659 e. The van der Waals surface area contributed by atoms with Crippen molar-refractivity contribution in [1.82, 2.24) is 0 Å². The number of hydrogen-bond donors (Lipinski definition) is 2. The van der Waals surface area contributed by atoms with Gasteiger partial charge >= 0.3 is 0 Å². The van der Waals surface area contributed by atoms with Gasteiger partial charge in [0, 0.05) is 12.0 Å². The number of nitrogens with two attached hydrogens (primary N) is 1. The van der Waals surface area contributed by atoms with Crippen molar-refractivity contribution >= 4 is 0 Å². The largest absolute Gasteiger partial charge is 0.390 e. The molecule has 0 aromatic heterocycles. The van der Waals surface area contributed by atoms with Crippen LogP contribution >= 0.6 is 0 Å². The maximum absolute atomic E-state index is 10.0. The predicted molar refractivity (Wildman–Crippen MR) is 50.8 cm³/mol. The minimum Gasteiger partial charge on any atom is -0.390 e. The van der Waals surface area contributed by atoms with Crippen molar-refractivity contribution in [2.45, 2.75) is 57.6 Å². The highest BCUT2D eigenvalue weighted by molar-refractivity contribution is 4.90. The summed E-state index contributed by atoms with van der Waals surface area (Å²) < 4.78 is 0. The van der Waals surface area contributed by atoms with Crippen molar-refractivity contribution in [3.63, 3.8) is 0 Å². The molecule has 0 saturated heterocycles. The van der Waals surface area contributed by atoms with Gasteiger partial charge in [0.2, 0.25) is 0 Å². The van der Waals surface area contributed by atoms with E-state index in [9.17, 15) is 5.11 Å². The Morgan fingerprint density at radius 2 is 2.00 bits per heavy atom. The predicted octanol–water partition coefficient (Wildman–Crippen LogP) is 1.66. The van der Waals surface area contributed by atoms with E-state index in [-0.39, 0.29) is 6.04 Å². The Morgan fingerprint density at radius 3 is 2.50 bits per heavy atom. The second-order valence-electron chi connectivity index (χ2n) is 4.27. The quantitative estimate of drug-likeness (QED) is 0.664. The van der Waals surface area contributed by atoms with E-state index in [4.69, 9.17) is 5.73 Å². The molecule has 2 nitrogen and oxygen atoms in total. The van der Waals surface area contributed by atoms with E-state index in [0.717, 1.165) is 19.3 Å². The zero-order chi connectivity index (χ0) is 9.19. The molecular weight excluding hydrogens is 150 g/mol. The lowest BCUT2D eigenvalue weighted by molar-refractivity contribution is -0.0276. The summed E-state index contributed by atoms with van der Waals surface area (Å²) in [5.41, 5.74) is 5.44. The van der Waals surface area contributed by atoms with Crippen LogP contribution in [0.5, 0.6) is 0 Å². The Labute approximate surface area is 75.2 Å². The summed E-state index contributed by atoms with van der Waals surface area (Å²) in [6.45, 7) is 3.95. The van der Waals surface area contributed by atoms with Crippen LogP contribution in [0.2, 0.25) is 0 Å². The highest BCUT2D eigenvalue weighted by Gasteiger charge is 2.35. The average Bonchev–Trinajstić information content (AvgIpc) is 2.05. The molecule has 0 amide bonds. The molecule has 3 atom stereocenters. The van der Waals surface area contributed by atoms with Gasteiger partial charge in [-0.2, -0.15) is 0 Å². The van der Waals surface area contributed by atoms with E-state index in [0.29, 0.717) is 5.92 Å². The molecule has 1 aliphatic rings. The SMILES string of the molecule is CCC(C)(O)C1CCCCC1N. The maximum atomic E-state index is 10.0. The van der Waals surface area contributed by atoms with Crippen LogP contribution in [0.3, 0.4) is 0 Å². The fourth-order valence-corrected chi connectivity index (χ4v) is 2.19. The second kappa shape index (κ2) is 3.75. The Balaban J connectivity index is 2.58. The van der Waals surface area contributed by atoms with Gasteiger partial charge in [0.1, 0.15) is 0 Å². The average molecular weight is 171 g/mol. The molecule has 0 spiro atoms. The third kappa shape index (κ3) is 1.99. The molecule has 1 rings (SSSR count). The molecule has 1 saturated carbocycles. The van der Waals surface area contributed by atoms with Crippen molar-refractivity contribution in [2.75, 3.05) is 0 Å². The van der Waals surface area contributed by atoms with Gasteiger partial charge in [-0.15, -0.1) is 0 Å². The van der Waals surface area contributed by atoms with Crippen LogP contribution in [0.4, 0.5) is 0 Å². The normalized spacial score (nSPS) is 36.0. The van der Waals surface area contributed by atoms with Crippen LogP contribution in [0.25, 0.3) is 0 Å². The van der Waals surface area contributed by atoms with Gasteiger partial charge in [-0.3, -0.25) is 0 Å². The van der Waals surface area contributed by atoms with Crippen molar-refractivity contribution in [1.29, 1.82) is 0 Å². The molecule has 0 bridgehead atoms. The zero-order valence-corrected chi connectivity index (χ0v) is 8.21. The van der Waals surface area contributed by atoms with E-state index >= 15 is 0 Å². The van der Waals surface area contributed by atoms with Crippen molar-refractivity contribution < 1.29 is 5.11 Å².